The zero-order valence-corrected chi connectivity index (χ0v) is 26.8. The summed E-state index contributed by atoms with van der Waals surface area (Å²) in [6, 6.07) is 12.7. The van der Waals surface area contributed by atoms with Crippen LogP contribution in [0.5, 0.6) is 11.8 Å². The Morgan fingerprint density at radius 3 is 2.63 bits per heavy atom. The Balaban J connectivity index is 1.19. The van der Waals surface area contributed by atoms with Crippen molar-refractivity contribution in [2.75, 3.05) is 38.3 Å². The molecule has 2 fully saturated rings. The van der Waals surface area contributed by atoms with Crippen molar-refractivity contribution in [2.45, 2.75) is 58.0 Å². The van der Waals surface area contributed by atoms with E-state index >= 15 is 0 Å². The third-order valence-corrected chi connectivity index (χ3v) is 8.12. The highest BCUT2D eigenvalue weighted by atomic mass is 35.5. The van der Waals surface area contributed by atoms with Crippen LogP contribution in [0.4, 0.5) is 5.69 Å². The fourth-order valence-electron chi connectivity index (χ4n) is 5.26. The van der Waals surface area contributed by atoms with Crippen LogP contribution in [0.3, 0.4) is 0 Å². The SMILES string of the molecule is COc1ccccc1COCCCOc1ncc(N2C(=O)CNC[C@@H]2C(=O)N(Cc2cc(CNC(C)=O)ccc2Cl)C2CC2)cn1. The number of carbonyl (C=O) groups excluding carboxylic acids is 3. The second-order valence-electron chi connectivity index (χ2n) is 11.2. The van der Waals surface area contributed by atoms with Crippen LogP contribution in [-0.2, 0) is 38.8 Å². The highest BCUT2D eigenvalue weighted by Crippen LogP contribution is 2.32. The largest absolute Gasteiger partial charge is 0.496 e. The van der Waals surface area contributed by atoms with Crippen LogP contribution in [0.15, 0.2) is 54.9 Å². The molecule has 3 amide bonds. The van der Waals surface area contributed by atoms with Gasteiger partial charge in [0, 0.05) is 49.6 Å². The van der Waals surface area contributed by atoms with Crippen LogP contribution in [0, 0.1) is 0 Å². The van der Waals surface area contributed by atoms with E-state index in [1.165, 1.54) is 24.2 Å². The van der Waals surface area contributed by atoms with Crippen molar-refractivity contribution in [1.82, 2.24) is 25.5 Å². The molecule has 3 aromatic rings. The molecule has 0 radical (unpaired) electrons. The van der Waals surface area contributed by atoms with Crippen LogP contribution in [0.1, 0.15) is 42.9 Å². The maximum Gasteiger partial charge on any atom is 0.316 e. The van der Waals surface area contributed by atoms with E-state index in [2.05, 4.69) is 20.6 Å². The number of hydrogen-bond donors (Lipinski definition) is 2. The number of halogens is 1. The van der Waals surface area contributed by atoms with Gasteiger partial charge in [0.05, 0.1) is 51.6 Å². The number of carbonyl (C=O) groups is 3. The van der Waals surface area contributed by atoms with Crippen molar-refractivity contribution in [1.29, 1.82) is 0 Å². The highest BCUT2D eigenvalue weighted by Gasteiger charge is 2.41. The summed E-state index contributed by atoms with van der Waals surface area (Å²) in [5.41, 5.74) is 3.06. The van der Waals surface area contributed by atoms with E-state index in [4.69, 9.17) is 25.8 Å². The van der Waals surface area contributed by atoms with Crippen molar-refractivity contribution >= 4 is 35.0 Å². The van der Waals surface area contributed by atoms with E-state index in [1.54, 1.807) is 18.1 Å². The van der Waals surface area contributed by atoms with Gasteiger partial charge >= 0.3 is 6.01 Å². The molecule has 1 atom stereocenters. The quantitative estimate of drug-likeness (QED) is 0.238. The summed E-state index contributed by atoms with van der Waals surface area (Å²) in [4.78, 5) is 50.5. The molecule has 5 rings (SSSR count). The Hall–Kier alpha value is -4.26. The second kappa shape index (κ2) is 15.8. The summed E-state index contributed by atoms with van der Waals surface area (Å²) >= 11 is 6.54. The van der Waals surface area contributed by atoms with Gasteiger partial charge in [-0.05, 0) is 36.1 Å². The van der Waals surface area contributed by atoms with Gasteiger partial charge in [0.15, 0.2) is 0 Å². The van der Waals surface area contributed by atoms with Crippen LogP contribution in [-0.4, -0.2) is 78.1 Å². The number of methoxy groups -OCH3 is 1. The molecule has 0 spiro atoms. The number of nitrogens with zero attached hydrogens (tertiary/aromatic N) is 4. The Kier molecular flexibility index (Phi) is 11.4. The number of ether oxygens (including phenoxy) is 3. The van der Waals surface area contributed by atoms with Gasteiger partial charge in [0.2, 0.25) is 17.7 Å². The first-order valence-corrected chi connectivity index (χ1v) is 15.7. The second-order valence-corrected chi connectivity index (χ2v) is 11.6. The number of para-hydroxylation sites is 1. The molecule has 2 aliphatic rings. The predicted octanol–water partition coefficient (Wildman–Crippen LogP) is 3.26. The Morgan fingerprint density at radius 2 is 1.89 bits per heavy atom. The van der Waals surface area contributed by atoms with Gasteiger partial charge in [-0.15, -0.1) is 0 Å². The van der Waals surface area contributed by atoms with Gasteiger partial charge < -0.3 is 29.7 Å². The standard InChI is InChI=1S/C33H39ClN6O6/c1-22(41)36-15-23-8-11-28(34)25(14-23)20-39(26-9-10-26)32(43)29-18-35-19-31(42)40(29)27-16-37-33(38-17-27)46-13-5-12-45-21-24-6-3-4-7-30(24)44-2/h3-4,6-8,11,14,16-17,26,29,35H,5,9-10,12-13,15,18-21H2,1-2H3,(H,36,41)/t29-/m1/s1. The fraction of sp³-hybridized carbons (Fsp3) is 0.424. The third-order valence-electron chi connectivity index (χ3n) is 7.75. The summed E-state index contributed by atoms with van der Waals surface area (Å²) in [5, 5.41) is 6.40. The topological polar surface area (TPSA) is 135 Å². The van der Waals surface area contributed by atoms with Crippen LogP contribution < -0.4 is 25.0 Å². The molecule has 1 aliphatic heterocycles. The molecule has 1 saturated carbocycles. The predicted molar refractivity (Wildman–Crippen MR) is 171 cm³/mol. The van der Waals surface area contributed by atoms with Gasteiger partial charge in [-0.3, -0.25) is 19.3 Å². The van der Waals surface area contributed by atoms with Crippen LogP contribution in [0.25, 0.3) is 0 Å². The van der Waals surface area contributed by atoms with E-state index < -0.39 is 6.04 Å². The average molecular weight is 651 g/mol. The Bertz CT molecular complexity index is 1520. The molecule has 2 aromatic carbocycles. The van der Waals surface area contributed by atoms with E-state index in [9.17, 15) is 14.4 Å². The maximum atomic E-state index is 14.1. The third kappa shape index (κ3) is 8.71. The molecule has 12 nitrogen and oxygen atoms in total. The zero-order chi connectivity index (χ0) is 32.5. The van der Waals surface area contributed by atoms with Crippen LogP contribution >= 0.6 is 11.6 Å². The van der Waals surface area contributed by atoms with Gasteiger partial charge in [-0.1, -0.05) is 41.9 Å². The van der Waals surface area contributed by atoms with Gasteiger partial charge in [0.1, 0.15) is 11.8 Å². The molecular weight excluding hydrogens is 612 g/mol. The lowest BCUT2D eigenvalue weighted by Crippen LogP contribution is -2.61. The van der Waals surface area contributed by atoms with Crippen molar-refractivity contribution in [3.63, 3.8) is 0 Å². The molecule has 0 bridgehead atoms. The number of benzene rings is 2. The lowest BCUT2D eigenvalue weighted by atomic mass is 10.1. The smallest absolute Gasteiger partial charge is 0.316 e. The minimum atomic E-state index is -0.779. The molecule has 244 valence electrons. The van der Waals surface area contributed by atoms with E-state index in [0.717, 1.165) is 35.3 Å². The van der Waals surface area contributed by atoms with Crippen molar-refractivity contribution in [3.8, 4) is 11.8 Å². The first-order chi connectivity index (χ1) is 22.3. The van der Waals surface area contributed by atoms with Crippen molar-refractivity contribution in [3.05, 3.63) is 76.6 Å². The lowest BCUT2D eigenvalue weighted by molar-refractivity contribution is -0.136. The molecule has 0 unspecified atom stereocenters. The summed E-state index contributed by atoms with van der Waals surface area (Å²) in [6.07, 6.45) is 5.40. The van der Waals surface area contributed by atoms with Crippen molar-refractivity contribution < 1.29 is 28.6 Å². The first kappa shape index (κ1) is 33.1. The minimum Gasteiger partial charge on any atom is -0.496 e. The molecule has 46 heavy (non-hydrogen) atoms. The van der Waals surface area contributed by atoms with Gasteiger partial charge in [0.25, 0.3) is 0 Å². The number of anilines is 1. The van der Waals surface area contributed by atoms with E-state index in [0.29, 0.717) is 50.0 Å². The molecule has 13 heteroatoms. The number of aromatic nitrogens is 2. The Morgan fingerprint density at radius 1 is 1.11 bits per heavy atom. The highest BCUT2D eigenvalue weighted by molar-refractivity contribution is 6.31. The number of nitrogens with one attached hydrogen (secondary N) is 2. The monoisotopic (exact) mass is 650 g/mol. The summed E-state index contributed by atoms with van der Waals surface area (Å²) in [6.45, 7) is 3.77. The molecular formula is C33H39ClN6O6. The van der Waals surface area contributed by atoms with Crippen molar-refractivity contribution in [2.24, 2.45) is 0 Å². The summed E-state index contributed by atoms with van der Waals surface area (Å²) in [7, 11) is 1.63. The lowest BCUT2D eigenvalue weighted by Gasteiger charge is -2.38. The zero-order valence-electron chi connectivity index (χ0n) is 26.0. The van der Waals surface area contributed by atoms with Gasteiger partial charge in [-0.2, -0.15) is 0 Å². The number of hydrogen-bond acceptors (Lipinski definition) is 9. The molecule has 1 aromatic heterocycles. The summed E-state index contributed by atoms with van der Waals surface area (Å²) in [5.74, 6) is 0.226. The van der Waals surface area contributed by atoms with Crippen LogP contribution in [0.2, 0.25) is 5.02 Å². The van der Waals surface area contributed by atoms with E-state index in [1.807, 2.05) is 36.4 Å². The number of amides is 3. The normalized spacial score (nSPS) is 16.2. The number of rotatable bonds is 15. The average Bonchev–Trinajstić information content (AvgIpc) is 3.91. The van der Waals surface area contributed by atoms with E-state index in [-0.39, 0.29) is 42.9 Å². The fourth-order valence-corrected chi connectivity index (χ4v) is 5.44. The van der Waals surface area contributed by atoms with Gasteiger partial charge in [-0.25, -0.2) is 9.97 Å². The number of piperazine rings is 1. The maximum absolute atomic E-state index is 14.1. The molecule has 2 N–H and O–H groups in total. The minimum absolute atomic E-state index is 0.0622. The molecule has 1 saturated heterocycles. The summed E-state index contributed by atoms with van der Waals surface area (Å²) < 4.78 is 16.8. The first-order valence-electron chi connectivity index (χ1n) is 15.3. The Labute approximate surface area is 273 Å². The molecule has 1 aliphatic carbocycles. The molecule has 2 heterocycles.